The highest BCUT2D eigenvalue weighted by atomic mass is 15.3. The van der Waals surface area contributed by atoms with E-state index < -0.39 is 0 Å². The molecule has 0 bridgehead atoms. The molecule has 0 saturated carbocycles. The van der Waals surface area contributed by atoms with Gasteiger partial charge in [-0.15, -0.1) is 5.92 Å². The van der Waals surface area contributed by atoms with E-state index in [4.69, 9.17) is 0 Å². The van der Waals surface area contributed by atoms with E-state index in [0.29, 0.717) is 0 Å². The van der Waals surface area contributed by atoms with Crippen LogP contribution in [0.5, 0.6) is 0 Å². The first-order valence-electron chi connectivity index (χ1n) is 16.0. The van der Waals surface area contributed by atoms with E-state index in [1.807, 2.05) is 0 Å². The first-order chi connectivity index (χ1) is 20.8. The molecule has 42 heavy (non-hydrogen) atoms. The smallest absolute Gasteiger partial charge is 0.0976 e. The minimum Gasteiger partial charge on any atom is -0.289 e. The lowest BCUT2D eigenvalue weighted by molar-refractivity contribution is -0.00258. The van der Waals surface area contributed by atoms with Gasteiger partial charge in [0.05, 0.1) is 18.1 Å². The fraction of sp³-hybridized carbons (Fsp3) is 0.350. The van der Waals surface area contributed by atoms with Crippen molar-refractivity contribution < 1.29 is 0 Å². The molecule has 0 amide bonds. The summed E-state index contributed by atoms with van der Waals surface area (Å²) in [5, 5.41) is 0. The molecule has 1 aliphatic rings. The van der Waals surface area contributed by atoms with Gasteiger partial charge in [0.25, 0.3) is 0 Å². The number of unbranched alkanes of at least 4 members (excludes halogenated alkanes) is 6. The van der Waals surface area contributed by atoms with Gasteiger partial charge in [0.15, 0.2) is 0 Å². The average Bonchev–Trinajstić information content (AvgIpc) is 3.06. The topological polar surface area (TPSA) is 6.48 Å². The number of benzene rings is 4. The van der Waals surface area contributed by atoms with Gasteiger partial charge in [0.2, 0.25) is 0 Å². The second-order valence-corrected chi connectivity index (χ2v) is 11.6. The molecule has 1 heterocycles. The zero-order chi connectivity index (χ0) is 28.8. The largest absolute Gasteiger partial charge is 0.289 e. The molecule has 0 spiro atoms. The molecule has 3 atom stereocenters. The Hall–Kier alpha value is -3.64. The van der Waals surface area contributed by atoms with Crippen molar-refractivity contribution in [2.24, 2.45) is 0 Å². The molecule has 0 unspecified atom stereocenters. The summed E-state index contributed by atoms with van der Waals surface area (Å²) in [6.07, 6.45) is 8.77. The molecule has 0 radical (unpaired) electrons. The minimum absolute atomic E-state index is 0.0431. The Kier molecular flexibility index (Phi) is 11.4. The van der Waals surface area contributed by atoms with Crippen molar-refractivity contribution >= 4 is 0 Å². The predicted molar refractivity (Wildman–Crippen MR) is 177 cm³/mol. The van der Waals surface area contributed by atoms with Crippen LogP contribution in [0.4, 0.5) is 0 Å². The van der Waals surface area contributed by atoms with Gasteiger partial charge >= 0.3 is 0 Å². The van der Waals surface area contributed by atoms with E-state index in [9.17, 15) is 0 Å². The Morgan fingerprint density at radius 3 is 1.81 bits per heavy atom. The third-order valence-electron chi connectivity index (χ3n) is 8.55. The number of piperazine rings is 1. The predicted octanol–water partition coefficient (Wildman–Crippen LogP) is 9.78. The molecule has 1 aliphatic heterocycles. The van der Waals surface area contributed by atoms with Crippen molar-refractivity contribution in [2.45, 2.75) is 76.5 Å². The van der Waals surface area contributed by atoms with E-state index in [2.05, 4.69) is 150 Å². The summed E-state index contributed by atoms with van der Waals surface area (Å²) >= 11 is 0. The minimum atomic E-state index is 0.0431. The lowest BCUT2D eigenvalue weighted by atomic mass is 9.86. The van der Waals surface area contributed by atoms with Crippen LogP contribution in [0.25, 0.3) is 0 Å². The monoisotopic (exact) mass is 554 g/mol. The first-order valence-corrected chi connectivity index (χ1v) is 16.0. The van der Waals surface area contributed by atoms with Crippen molar-refractivity contribution in [2.75, 3.05) is 13.1 Å². The molecule has 0 aromatic heterocycles. The standard InChI is InChI=1S/C40H46N2/c1-2-3-4-5-6-7-8-21-30-38(35-24-15-10-16-25-35)42-32-31-41(33-34-22-13-9-14-23-34)39(36-26-17-11-18-27-36)40(42)37-28-19-12-20-29-37/h9-20,22-29,38-40H,2-8,31-33H2,1H3/t38-,39-,40-/m1/s1. The molecule has 2 heteroatoms. The molecule has 2 nitrogen and oxygen atoms in total. The summed E-state index contributed by atoms with van der Waals surface area (Å²) in [5.74, 6) is 7.45. The highest BCUT2D eigenvalue weighted by molar-refractivity contribution is 5.34. The van der Waals surface area contributed by atoms with Gasteiger partial charge in [-0.05, 0) is 28.7 Å². The first kappa shape index (κ1) is 29.8. The molecular weight excluding hydrogens is 508 g/mol. The fourth-order valence-corrected chi connectivity index (χ4v) is 6.41. The SMILES string of the molecule is CCCCCCCCC#C[C@H](c1ccccc1)N1CCN(Cc2ccccc2)[C@H](c2ccccc2)[C@H]1c1ccccc1. The van der Waals surface area contributed by atoms with Gasteiger partial charge in [-0.25, -0.2) is 0 Å². The van der Waals surface area contributed by atoms with Crippen LogP contribution in [-0.4, -0.2) is 22.9 Å². The zero-order valence-corrected chi connectivity index (χ0v) is 25.2. The van der Waals surface area contributed by atoms with Gasteiger partial charge in [-0.1, -0.05) is 166 Å². The molecule has 0 N–H and O–H groups in total. The maximum atomic E-state index is 3.80. The van der Waals surface area contributed by atoms with Crippen molar-refractivity contribution in [1.82, 2.24) is 9.80 Å². The number of nitrogens with zero attached hydrogens (tertiary/aromatic N) is 2. The molecular formula is C40H46N2. The Balaban J connectivity index is 1.50. The van der Waals surface area contributed by atoms with Crippen LogP contribution >= 0.6 is 0 Å². The second-order valence-electron chi connectivity index (χ2n) is 11.6. The number of rotatable bonds is 12. The maximum Gasteiger partial charge on any atom is 0.0976 e. The van der Waals surface area contributed by atoms with Gasteiger partial charge in [0.1, 0.15) is 0 Å². The maximum absolute atomic E-state index is 3.80. The van der Waals surface area contributed by atoms with Crippen LogP contribution in [0.15, 0.2) is 121 Å². The van der Waals surface area contributed by atoms with Crippen LogP contribution in [0.2, 0.25) is 0 Å². The molecule has 1 fully saturated rings. The highest BCUT2D eigenvalue weighted by Gasteiger charge is 2.41. The van der Waals surface area contributed by atoms with Gasteiger partial charge in [-0.3, -0.25) is 9.80 Å². The van der Waals surface area contributed by atoms with Crippen molar-refractivity contribution in [3.63, 3.8) is 0 Å². The Bertz CT molecular complexity index is 1360. The average molecular weight is 555 g/mol. The highest BCUT2D eigenvalue weighted by Crippen LogP contribution is 2.45. The quantitative estimate of drug-likeness (QED) is 0.127. The van der Waals surface area contributed by atoms with Crippen LogP contribution in [0.3, 0.4) is 0 Å². The lowest BCUT2D eigenvalue weighted by Gasteiger charge is -2.50. The fourth-order valence-electron chi connectivity index (χ4n) is 6.41. The Labute approximate surface area is 254 Å². The molecule has 5 rings (SSSR count). The van der Waals surface area contributed by atoms with Crippen LogP contribution < -0.4 is 0 Å². The summed E-state index contributed by atoms with van der Waals surface area (Å²) in [5.41, 5.74) is 5.36. The third-order valence-corrected chi connectivity index (χ3v) is 8.55. The normalized spacial score (nSPS) is 18.2. The van der Waals surface area contributed by atoms with Crippen molar-refractivity contribution in [3.05, 3.63) is 144 Å². The summed E-state index contributed by atoms with van der Waals surface area (Å²) in [6.45, 7) is 5.15. The van der Waals surface area contributed by atoms with Crippen LogP contribution in [0, 0.1) is 11.8 Å². The van der Waals surface area contributed by atoms with E-state index >= 15 is 0 Å². The summed E-state index contributed by atoms with van der Waals surface area (Å²) < 4.78 is 0. The van der Waals surface area contributed by atoms with Gasteiger partial charge in [-0.2, -0.15) is 0 Å². The van der Waals surface area contributed by atoms with Crippen molar-refractivity contribution in [1.29, 1.82) is 0 Å². The van der Waals surface area contributed by atoms with Crippen LogP contribution in [0.1, 0.15) is 92.2 Å². The number of hydrogen-bond donors (Lipinski definition) is 0. The second kappa shape index (κ2) is 16.1. The van der Waals surface area contributed by atoms with E-state index in [-0.39, 0.29) is 18.1 Å². The van der Waals surface area contributed by atoms with Crippen molar-refractivity contribution in [3.8, 4) is 11.8 Å². The van der Waals surface area contributed by atoms with E-state index in [1.54, 1.807) is 0 Å². The zero-order valence-electron chi connectivity index (χ0n) is 25.2. The number of hydrogen-bond acceptors (Lipinski definition) is 2. The third kappa shape index (κ3) is 8.01. The molecule has 0 aliphatic carbocycles. The molecule has 4 aromatic rings. The Morgan fingerprint density at radius 1 is 0.619 bits per heavy atom. The molecule has 1 saturated heterocycles. The molecule has 4 aromatic carbocycles. The summed E-state index contributed by atoms with van der Waals surface area (Å²) in [7, 11) is 0. The van der Waals surface area contributed by atoms with Gasteiger partial charge in [0, 0.05) is 26.1 Å². The van der Waals surface area contributed by atoms with Crippen LogP contribution in [-0.2, 0) is 6.54 Å². The summed E-state index contributed by atoms with van der Waals surface area (Å²) in [4.78, 5) is 5.38. The lowest BCUT2D eigenvalue weighted by Crippen LogP contribution is -2.50. The molecule has 216 valence electrons. The van der Waals surface area contributed by atoms with Gasteiger partial charge < -0.3 is 0 Å². The van der Waals surface area contributed by atoms with E-state index in [1.165, 1.54) is 60.8 Å². The van der Waals surface area contributed by atoms with E-state index in [0.717, 1.165) is 26.1 Å². The summed E-state index contributed by atoms with van der Waals surface area (Å²) in [6, 6.07) is 44.6. The Morgan fingerprint density at radius 2 is 1.17 bits per heavy atom.